The number of carbonyl (C=O) groups excluding carboxylic acids is 2. The number of hydrogen-bond donors (Lipinski definition) is 4. The normalized spacial score (nSPS) is 20.5. The van der Waals surface area contributed by atoms with Crippen LogP contribution in [0.1, 0.15) is 43.3 Å². The number of oxazole rings is 1. The van der Waals surface area contributed by atoms with Gasteiger partial charge in [-0.3, -0.25) is 24.4 Å². The number of alkyl halides is 3. The predicted molar refractivity (Wildman–Crippen MR) is 197 cm³/mol. The molecule has 0 radical (unpaired) electrons. The zero-order valence-corrected chi connectivity index (χ0v) is 31.1. The van der Waals surface area contributed by atoms with Gasteiger partial charge in [0.15, 0.2) is 5.76 Å². The lowest BCUT2D eigenvalue weighted by Crippen LogP contribution is -2.63. The highest BCUT2D eigenvalue weighted by atomic mass is 35.5. The molecule has 1 saturated heterocycles. The second-order valence-electron chi connectivity index (χ2n) is 14.4. The van der Waals surface area contributed by atoms with Gasteiger partial charge in [0, 0.05) is 50.1 Å². The molecule has 12 nitrogen and oxygen atoms in total. The van der Waals surface area contributed by atoms with Crippen LogP contribution in [-0.4, -0.2) is 106 Å². The number of aliphatic hydroxyl groups excluding tert-OH is 2. The van der Waals surface area contributed by atoms with Crippen molar-refractivity contribution in [2.45, 2.75) is 62.7 Å². The van der Waals surface area contributed by atoms with E-state index in [4.69, 9.17) is 20.8 Å². The molecule has 0 bridgehead atoms. The van der Waals surface area contributed by atoms with Gasteiger partial charge >= 0.3 is 6.18 Å². The van der Waals surface area contributed by atoms with E-state index in [1.807, 2.05) is 54.4 Å². The monoisotopic (exact) mass is 784 g/mol. The molecule has 0 aliphatic carbocycles. The topological polar surface area (TPSA) is 153 Å². The molecule has 2 aliphatic rings. The molecule has 2 amide bonds. The molecule has 1 fully saturated rings. The van der Waals surface area contributed by atoms with Gasteiger partial charge in [-0.25, -0.2) is 4.98 Å². The first-order valence-electron chi connectivity index (χ1n) is 18.0. The van der Waals surface area contributed by atoms with Crippen molar-refractivity contribution in [2.24, 2.45) is 5.92 Å². The van der Waals surface area contributed by atoms with Gasteiger partial charge in [0.05, 0.1) is 34.5 Å². The number of benzene rings is 2. The molecule has 4 heterocycles. The van der Waals surface area contributed by atoms with Crippen molar-refractivity contribution in [1.29, 1.82) is 0 Å². The molecule has 6 rings (SSSR count). The van der Waals surface area contributed by atoms with Crippen molar-refractivity contribution in [3.05, 3.63) is 101 Å². The second-order valence-corrected chi connectivity index (χ2v) is 14.8. The summed E-state index contributed by atoms with van der Waals surface area (Å²) < 4.78 is 51.5. The summed E-state index contributed by atoms with van der Waals surface area (Å²) in [5, 5.41) is 27.8. The Hall–Kier alpha value is -4.54. The van der Waals surface area contributed by atoms with Crippen LogP contribution < -0.4 is 15.4 Å². The van der Waals surface area contributed by atoms with Gasteiger partial charge < -0.3 is 30.0 Å². The van der Waals surface area contributed by atoms with E-state index in [2.05, 4.69) is 15.3 Å². The highest BCUT2D eigenvalue weighted by molar-refractivity contribution is 6.33. The van der Waals surface area contributed by atoms with E-state index in [-0.39, 0.29) is 39.1 Å². The number of hydrogen-bond acceptors (Lipinski definition) is 10. The Morgan fingerprint density at radius 3 is 2.55 bits per heavy atom. The summed E-state index contributed by atoms with van der Waals surface area (Å²) in [7, 11) is 0. The van der Waals surface area contributed by atoms with E-state index in [1.165, 1.54) is 6.20 Å². The maximum Gasteiger partial charge on any atom is 0.405 e. The number of β-amino-alcohol motifs (C(OH)–C–C–N with tert-alkyl or cyclic N) is 1. The fraction of sp³-hybridized carbons (Fsp3) is 0.436. The number of pyridine rings is 1. The van der Waals surface area contributed by atoms with Crippen molar-refractivity contribution in [1.82, 2.24) is 30.4 Å². The minimum absolute atomic E-state index is 0.00941. The van der Waals surface area contributed by atoms with Crippen LogP contribution in [0.3, 0.4) is 0 Å². The quantitative estimate of drug-likeness (QED) is 0.152. The molecule has 2 aromatic heterocycles. The van der Waals surface area contributed by atoms with Crippen LogP contribution in [0, 0.1) is 5.92 Å². The Kier molecular flexibility index (Phi) is 12.5. The van der Waals surface area contributed by atoms with Crippen LogP contribution in [0.15, 0.2) is 83.7 Å². The molecule has 0 saturated carbocycles. The fourth-order valence-corrected chi connectivity index (χ4v) is 7.32. The van der Waals surface area contributed by atoms with Crippen molar-refractivity contribution in [3.8, 4) is 17.1 Å². The zero-order valence-electron chi connectivity index (χ0n) is 30.4. The van der Waals surface area contributed by atoms with Crippen molar-refractivity contribution < 1.29 is 42.1 Å². The molecular formula is C39H44ClF3N6O6. The van der Waals surface area contributed by atoms with Gasteiger partial charge in [0.1, 0.15) is 31.0 Å². The lowest BCUT2D eigenvalue weighted by Gasteiger charge is -2.46. The van der Waals surface area contributed by atoms with E-state index >= 15 is 0 Å². The maximum atomic E-state index is 14.0. The molecule has 2 aliphatic heterocycles. The summed E-state index contributed by atoms with van der Waals surface area (Å²) in [5.41, 5.74) is 1.11. The third-order valence-corrected chi connectivity index (χ3v) is 10.5. The lowest BCUT2D eigenvalue weighted by molar-refractivity contribution is -0.144. The SMILES string of the molecule is CC(C)(c1ncc(-c2cnccc2Cl)o1)N1CCN(C[C@@H](O)C[C@@H](Cc2ccccc2)C(=O)N[C@H]2c3ccccc3OC[C@H]2O)[C@H](C(=O)NCC(F)(F)F)C1. The van der Waals surface area contributed by atoms with E-state index in [0.29, 0.717) is 40.1 Å². The van der Waals surface area contributed by atoms with Crippen LogP contribution in [0.25, 0.3) is 11.3 Å². The van der Waals surface area contributed by atoms with Crippen LogP contribution in [-0.2, 0) is 21.5 Å². The number of aromatic nitrogens is 2. The summed E-state index contributed by atoms with van der Waals surface area (Å²) in [6.07, 6.45) is -1.94. The summed E-state index contributed by atoms with van der Waals surface area (Å²) in [6, 6.07) is 16.2. The maximum absolute atomic E-state index is 14.0. The zero-order chi connectivity index (χ0) is 39.3. The van der Waals surface area contributed by atoms with Crippen LogP contribution >= 0.6 is 11.6 Å². The molecule has 4 N–H and O–H groups in total. The Bertz CT molecular complexity index is 1930. The Morgan fingerprint density at radius 2 is 1.80 bits per heavy atom. The Morgan fingerprint density at radius 1 is 1.05 bits per heavy atom. The van der Waals surface area contributed by atoms with E-state index in [9.17, 15) is 33.0 Å². The number of halogens is 4. The first-order valence-corrected chi connectivity index (χ1v) is 18.4. The predicted octanol–water partition coefficient (Wildman–Crippen LogP) is 4.51. The standard InChI is InChI=1S/C39H44ClF3N6O6/c1-38(2,37-45-19-33(55-37)28-18-44-13-12-29(28)40)49-15-14-48(30(21-49)36(53)46-23-39(41,42)43)20-26(50)17-25(16-24-8-4-3-5-9-24)35(52)47-34-27-10-6-7-11-32(27)54-22-31(34)51/h3-13,18-19,25-26,30-31,34,50-51H,14-17,20-23H2,1-2H3,(H,46,53)(H,47,52)/t25-,26+,30+,31-,34+/m1/s1. The molecule has 55 heavy (non-hydrogen) atoms. The molecule has 5 atom stereocenters. The molecule has 16 heteroatoms. The Balaban J connectivity index is 1.19. The van der Waals surface area contributed by atoms with E-state index in [0.717, 1.165) is 5.56 Å². The van der Waals surface area contributed by atoms with Gasteiger partial charge in [-0.15, -0.1) is 0 Å². The number of aliphatic hydroxyl groups is 2. The smallest absolute Gasteiger partial charge is 0.405 e. The van der Waals surface area contributed by atoms with Gasteiger partial charge in [-0.1, -0.05) is 60.1 Å². The highest BCUT2D eigenvalue weighted by Gasteiger charge is 2.43. The second kappa shape index (κ2) is 17.1. The molecule has 0 unspecified atom stereocenters. The summed E-state index contributed by atoms with van der Waals surface area (Å²) in [5.74, 6) is -0.774. The van der Waals surface area contributed by atoms with Crippen molar-refractivity contribution in [2.75, 3.05) is 39.3 Å². The number of nitrogens with one attached hydrogen (secondary N) is 2. The number of ether oxygens (including phenoxy) is 1. The number of rotatable bonds is 13. The number of fused-ring (bicyclic) bond motifs is 1. The molecule has 294 valence electrons. The number of para-hydroxylation sites is 1. The van der Waals surface area contributed by atoms with Crippen LogP contribution in [0.5, 0.6) is 5.75 Å². The van der Waals surface area contributed by atoms with Crippen molar-refractivity contribution >= 4 is 23.4 Å². The summed E-state index contributed by atoms with van der Waals surface area (Å²) >= 11 is 6.34. The summed E-state index contributed by atoms with van der Waals surface area (Å²) in [4.78, 5) is 39.5. The molecular weight excluding hydrogens is 741 g/mol. The van der Waals surface area contributed by atoms with Gasteiger partial charge in [0.2, 0.25) is 17.7 Å². The van der Waals surface area contributed by atoms with E-state index < -0.39 is 60.3 Å². The van der Waals surface area contributed by atoms with Crippen molar-refractivity contribution in [3.63, 3.8) is 0 Å². The third-order valence-electron chi connectivity index (χ3n) is 10.2. The minimum Gasteiger partial charge on any atom is -0.490 e. The summed E-state index contributed by atoms with van der Waals surface area (Å²) in [6.45, 7) is 2.59. The number of piperazine rings is 1. The average Bonchev–Trinajstić information content (AvgIpc) is 3.66. The van der Waals surface area contributed by atoms with Crippen LogP contribution in [0.2, 0.25) is 5.02 Å². The van der Waals surface area contributed by atoms with Gasteiger partial charge in [-0.05, 0) is 44.4 Å². The fourth-order valence-electron chi connectivity index (χ4n) is 7.12. The minimum atomic E-state index is -4.63. The molecule has 2 aromatic carbocycles. The number of nitrogens with zero attached hydrogens (tertiary/aromatic N) is 4. The van der Waals surface area contributed by atoms with Gasteiger partial charge in [-0.2, -0.15) is 13.2 Å². The van der Waals surface area contributed by atoms with Gasteiger partial charge in [0.25, 0.3) is 0 Å². The average molecular weight is 785 g/mol. The number of amides is 2. The Labute approximate surface area is 321 Å². The lowest BCUT2D eigenvalue weighted by atomic mass is 9.90. The largest absolute Gasteiger partial charge is 0.490 e. The first kappa shape index (κ1) is 40.1. The highest BCUT2D eigenvalue weighted by Crippen LogP contribution is 2.35. The van der Waals surface area contributed by atoms with Crippen LogP contribution in [0.4, 0.5) is 13.2 Å². The molecule has 0 spiro atoms. The number of carbonyl (C=O) groups is 2. The molecule has 4 aromatic rings. The first-order chi connectivity index (χ1) is 26.2. The van der Waals surface area contributed by atoms with E-state index in [1.54, 1.807) is 47.6 Å². The third kappa shape index (κ3) is 9.83.